The molecule has 0 aliphatic heterocycles. The largest absolute Gasteiger partial charge is 0.435 e. The molecule has 0 aliphatic rings. The van der Waals surface area contributed by atoms with Crippen LogP contribution >= 0.6 is 0 Å². The van der Waals surface area contributed by atoms with Gasteiger partial charge in [-0.25, -0.2) is 0 Å². The van der Waals surface area contributed by atoms with Gasteiger partial charge in [-0.05, 0) is 51.0 Å². The lowest BCUT2D eigenvalue weighted by molar-refractivity contribution is -0.388. The van der Waals surface area contributed by atoms with Crippen LogP contribution in [0.4, 0.5) is 0 Å². The zero-order valence-corrected chi connectivity index (χ0v) is 26.8. The molecule has 41 heavy (non-hydrogen) atoms. The van der Waals surface area contributed by atoms with Crippen molar-refractivity contribution >= 4 is 5.97 Å². The van der Waals surface area contributed by atoms with Crippen molar-refractivity contribution in [1.82, 2.24) is 0 Å². The molecule has 0 amide bonds. The minimum atomic E-state index is -2.83. The van der Waals surface area contributed by atoms with Crippen LogP contribution in [0.5, 0.6) is 0 Å². The molecular weight excluding hydrogens is 516 g/mol. The Bertz CT molecular complexity index is 620. The molecule has 2 unspecified atom stereocenters. The Hall–Kier alpha value is -1.37. The first-order valence-corrected chi connectivity index (χ1v) is 17.2. The van der Waals surface area contributed by atoms with Crippen molar-refractivity contribution in [2.45, 2.75) is 186 Å². The van der Waals surface area contributed by atoms with Crippen LogP contribution in [0.15, 0.2) is 24.5 Å². The van der Waals surface area contributed by atoms with Crippen LogP contribution < -0.4 is 0 Å². The van der Waals surface area contributed by atoms with Gasteiger partial charge in [0.15, 0.2) is 6.10 Å². The summed E-state index contributed by atoms with van der Waals surface area (Å²) in [5.41, 5.74) is 0. The Balaban J connectivity index is 3.92. The predicted molar refractivity (Wildman–Crippen MR) is 169 cm³/mol. The molecule has 0 rings (SSSR count). The van der Waals surface area contributed by atoms with E-state index in [4.69, 9.17) is 9.47 Å². The van der Waals surface area contributed by atoms with Crippen molar-refractivity contribution < 1.29 is 29.6 Å². The monoisotopic (exact) mass is 581 g/mol. The van der Waals surface area contributed by atoms with Crippen molar-refractivity contribution in [2.24, 2.45) is 0 Å². The summed E-state index contributed by atoms with van der Waals surface area (Å²) in [6.07, 6.45) is 34.0. The Morgan fingerprint density at radius 2 is 1.02 bits per heavy atom. The second kappa shape index (κ2) is 30.1. The normalized spacial score (nSPS) is 14.1. The van der Waals surface area contributed by atoms with E-state index in [1.807, 2.05) is 0 Å². The number of hydrogen-bond acceptors (Lipinski definition) is 5. The molecule has 6 heteroatoms. The highest BCUT2D eigenvalue weighted by Gasteiger charge is 2.44. The number of allylic oxidation sites excluding steroid dienone is 3. The van der Waals surface area contributed by atoms with Gasteiger partial charge in [-0.1, -0.05) is 135 Å². The van der Waals surface area contributed by atoms with E-state index in [0.717, 1.165) is 51.4 Å². The van der Waals surface area contributed by atoms with Gasteiger partial charge in [0, 0.05) is 6.42 Å². The number of hydrogen-bond donors (Lipinski definition) is 2. The maximum absolute atomic E-state index is 12.8. The molecule has 6 nitrogen and oxygen atoms in total. The summed E-state index contributed by atoms with van der Waals surface area (Å²) in [5, 5.41) is 32.0. The third-order valence-electron chi connectivity index (χ3n) is 7.53. The minimum Gasteiger partial charge on any atom is -0.435 e. The minimum absolute atomic E-state index is 0.0890. The number of carbonyl (C=O) groups excluding carboxylic acids is 1. The van der Waals surface area contributed by atoms with Crippen LogP contribution in [0, 0.1) is 0 Å². The van der Waals surface area contributed by atoms with Crippen molar-refractivity contribution in [2.75, 3.05) is 6.61 Å². The highest BCUT2D eigenvalue weighted by Crippen LogP contribution is 2.20. The molecule has 0 heterocycles. The van der Waals surface area contributed by atoms with E-state index in [1.165, 1.54) is 103 Å². The van der Waals surface area contributed by atoms with Crippen LogP contribution in [0.25, 0.3) is 0 Å². The van der Waals surface area contributed by atoms with Gasteiger partial charge in [0.2, 0.25) is 0 Å². The fraction of sp³-hybridized carbons (Fsp3) is 0.857. The van der Waals surface area contributed by atoms with Gasteiger partial charge in [0.25, 0.3) is 0 Å². The Morgan fingerprint density at radius 1 is 0.634 bits per heavy atom. The second-order valence-electron chi connectivity index (χ2n) is 11.6. The summed E-state index contributed by atoms with van der Waals surface area (Å²) in [6, 6.07) is 0. The maximum atomic E-state index is 12.8. The smallest absolute Gasteiger partial charge is 0.430 e. The lowest BCUT2D eigenvalue weighted by atomic mass is 10.0. The molecular formula is C35H65O6. The Kier molecular flexibility index (Phi) is 29.1. The van der Waals surface area contributed by atoms with Gasteiger partial charge in [-0.2, -0.15) is 0 Å². The standard InChI is InChI=1S/C35H65O6/c1-3-5-7-9-11-13-15-17-19-21-23-25-27-29-31-40-35(39,33(37)32-36)41-34(38)30-28-26-24-22-20-18-16-14-12-10-8-6-4-2/h14,16,29,31,33,36-37H,3-13,15,17-28,30,32H2,1-2H3/b16-14-,31-29?. The number of esters is 1. The van der Waals surface area contributed by atoms with E-state index < -0.39 is 24.7 Å². The third kappa shape index (κ3) is 26.0. The highest BCUT2D eigenvalue weighted by molar-refractivity contribution is 5.69. The van der Waals surface area contributed by atoms with E-state index in [0.29, 0.717) is 6.42 Å². The van der Waals surface area contributed by atoms with Crippen molar-refractivity contribution in [3.63, 3.8) is 0 Å². The molecule has 2 N–H and O–H groups in total. The molecule has 0 saturated heterocycles. The predicted octanol–water partition coefficient (Wildman–Crippen LogP) is 9.85. The zero-order chi connectivity index (χ0) is 30.3. The van der Waals surface area contributed by atoms with Crippen LogP contribution in [0.1, 0.15) is 174 Å². The molecule has 241 valence electrons. The summed E-state index contributed by atoms with van der Waals surface area (Å²) in [4.78, 5) is 12.2. The molecule has 2 atom stereocenters. The summed E-state index contributed by atoms with van der Waals surface area (Å²) < 4.78 is 10.0. The number of aliphatic hydroxyl groups excluding tert-OH is 2. The van der Waals surface area contributed by atoms with E-state index in [-0.39, 0.29) is 6.42 Å². The van der Waals surface area contributed by atoms with E-state index >= 15 is 0 Å². The van der Waals surface area contributed by atoms with Gasteiger partial charge in [0.1, 0.15) is 0 Å². The number of ether oxygens (including phenoxy) is 2. The molecule has 0 aromatic carbocycles. The molecule has 0 fully saturated rings. The maximum Gasteiger partial charge on any atom is 0.430 e. The SMILES string of the molecule is CCCCCC/C=C\CCCCCCCC(=O)OC([O])(OC=CCCCCCCCCCCCCCC)C(O)CO. The molecule has 0 saturated carbocycles. The summed E-state index contributed by atoms with van der Waals surface area (Å²) in [6.45, 7) is 3.63. The van der Waals surface area contributed by atoms with E-state index in [2.05, 4.69) is 26.0 Å². The Morgan fingerprint density at radius 3 is 1.49 bits per heavy atom. The molecule has 0 spiro atoms. The van der Waals surface area contributed by atoms with Crippen molar-refractivity contribution in [1.29, 1.82) is 0 Å². The first kappa shape index (κ1) is 39.6. The van der Waals surface area contributed by atoms with Crippen LogP contribution in [0.3, 0.4) is 0 Å². The second-order valence-corrected chi connectivity index (χ2v) is 11.6. The summed E-state index contributed by atoms with van der Waals surface area (Å²) in [7, 11) is 0. The Labute approximate surface area is 253 Å². The van der Waals surface area contributed by atoms with Gasteiger partial charge in [-0.15, -0.1) is 5.11 Å². The number of rotatable bonds is 31. The topological polar surface area (TPSA) is 95.9 Å². The molecule has 0 aromatic rings. The van der Waals surface area contributed by atoms with Crippen molar-refractivity contribution in [3.05, 3.63) is 24.5 Å². The average molecular weight is 582 g/mol. The van der Waals surface area contributed by atoms with Crippen LogP contribution in [-0.2, 0) is 19.4 Å². The first-order valence-electron chi connectivity index (χ1n) is 17.2. The van der Waals surface area contributed by atoms with Crippen LogP contribution in [-0.4, -0.2) is 34.9 Å². The zero-order valence-electron chi connectivity index (χ0n) is 26.8. The fourth-order valence-corrected chi connectivity index (χ4v) is 4.79. The number of unbranched alkanes of at least 4 members (excludes halogenated alkanes) is 21. The lowest BCUT2D eigenvalue weighted by Gasteiger charge is -2.27. The third-order valence-corrected chi connectivity index (χ3v) is 7.53. The van der Waals surface area contributed by atoms with Crippen LogP contribution in [0.2, 0.25) is 0 Å². The fourth-order valence-electron chi connectivity index (χ4n) is 4.79. The average Bonchev–Trinajstić information content (AvgIpc) is 2.97. The summed E-state index contributed by atoms with van der Waals surface area (Å²) in [5.74, 6) is -3.55. The van der Waals surface area contributed by atoms with Gasteiger partial charge in [0.05, 0.1) is 12.9 Å². The molecule has 0 aromatic heterocycles. The number of carbonyl (C=O) groups is 1. The van der Waals surface area contributed by atoms with Gasteiger partial charge >= 0.3 is 11.9 Å². The molecule has 0 aliphatic carbocycles. The first-order chi connectivity index (χ1) is 20.0. The lowest BCUT2D eigenvalue weighted by Crippen LogP contribution is -2.48. The van der Waals surface area contributed by atoms with E-state index in [9.17, 15) is 20.1 Å². The quantitative estimate of drug-likeness (QED) is 0.0279. The van der Waals surface area contributed by atoms with Crippen molar-refractivity contribution in [3.8, 4) is 0 Å². The van der Waals surface area contributed by atoms with E-state index in [1.54, 1.807) is 6.08 Å². The van der Waals surface area contributed by atoms with Gasteiger partial charge in [-0.3, -0.25) is 4.79 Å². The number of aliphatic hydroxyl groups is 2. The molecule has 1 radical (unpaired) electrons. The molecule has 0 bridgehead atoms. The van der Waals surface area contributed by atoms with Gasteiger partial charge < -0.3 is 19.7 Å². The summed E-state index contributed by atoms with van der Waals surface area (Å²) >= 11 is 0. The highest BCUT2D eigenvalue weighted by atomic mass is 16.8.